The molecule has 3 N–H and O–H groups in total. The van der Waals surface area contributed by atoms with E-state index in [1.54, 1.807) is 0 Å². The number of nitrogens with one attached hydrogen (secondary N) is 1. The van der Waals surface area contributed by atoms with Crippen molar-refractivity contribution in [3.05, 3.63) is 35.4 Å². The van der Waals surface area contributed by atoms with Crippen LogP contribution in [0.1, 0.15) is 29.8 Å². The molecule has 0 aliphatic rings. The van der Waals surface area contributed by atoms with Crippen LogP contribution >= 0.6 is 0 Å². The van der Waals surface area contributed by atoms with Crippen molar-refractivity contribution in [2.45, 2.75) is 20.8 Å². The third-order valence-corrected chi connectivity index (χ3v) is 2.56. The van der Waals surface area contributed by atoms with Gasteiger partial charge < -0.3 is 11.1 Å². The van der Waals surface area contributed by atoms with E-state index in [0.29, 0.717) is 18.7 Å². The maximum Gasteiger partial charge on any atom is 0.251 e. The summed E-state index contributed by atoms with van der Waals surface area (Å²) in [7, 11) is 0. The van der Waals surface area contributed by atoms with Gasteiger partial charge in [-0.3, -0.25) is 4.79 Å². The topological polar surface area (TPSA) is 55.1 Å². The molecule has 0 aromatic heterocycles. The summed E-state index contributed by atoms with van der Waals surface area (Å²) in [5, 5.41) is 2.90. The smallest absolute Gasteiger partial charge is 0.251 e. The standard InChI is InChI=1S/C13H20N2O/c1-10-5-4-6-11(7-10)12(16)15-9-13(2,3)8-14/h4-7H,8-9,14H2,1-3H3,(H,15,16). The summed E-state index contributed by atoms with van der Waals surface area (Å²) in [5.74, 6) is -0.0368. The predicted molar refractivity (Wildman–Crippen MR) is 66.3 cm³/mol. The minimum absolute atomic E-state index is 0.0368. The minimum Gasteiger partial charge on any atom is -0.351 e. The fourth-order valence-corrected chi connectivity index (χ4v) is 1.28. The zero-order valence-corrected chi connectivity index (χ0v) is 10.2. The van der Waals surface area contributed by atoms with Gasteiger partial charge in [0.1, 0.15) is 0 Å². The SMILES string of the molecule is Cc1cccc(C(=O)NCC(C)(C)CN)c1. The highest BCUT2D eigenvalue weighted by Gasteiger charge is 2.16. The Balaban J connectivity index is 2.60. The van der Waals surface area contributed by atoms with Crippen LogP contribution in [-0.4, -0.2) is 19.0 Å². The molecular formula is C13H20N2O. The van der Waals surface area contributed by atoms with Crippen LogP contribution in [-0.2, 0) is 0 Å². The Hall–Kier alpha value is -1.35. The third-order valence-electron chi connectivity index (χ3n) is 2.56. The Morgan fingerprint density at radius 3 is 2.69 bits per heavy atom. The second-order valence-corrected chi connectivity index (χ2v) is 4.92. The van der Waals surface area contributed by atoms with E-state index < -0.39 is 0 Å². The highest BCUT2D eigenvalue weighted by atomic mass is 16.1. The molecule has 1 amide bonds. The Morgan fingerprint density at radius 2 is 2.12 bits per heavy atom. The van der Waals surface area contributed by atoms with E-state index in [4.69, 9.17) is 5.73 Å². The summed E-state index contributed by atoms with van der Waals surface area (Å²) < 4.78 is 0. The van der Waals surface area contributed by atoms with Gasteiger partial charge in [-0.1, -0.05) is 31.5 Å². The van der Waals surface area contributed by atoms with E-state index in [9.17, 15) is 4.79 Å². The zero-order valence-electron chi connectivity index (χ0n) is 10.2. The van der Waals surface area contributed by atoms with Crippen molar-refractivity contribution in [2.24, 2.45) is 11.1 Å². The Bertz CT molecular complexity index is 372. The van der Waals surface area contributed by atoms with E-state index in [2.05, 4.69) is 5.32 Å². The second-order valence-electron chi connectivity index (χ2n) is 4.92. The number of hydrogen-bond donors (Lipinski definition) is 2. The summed E-state index contributed by atoms with van der Waals surface area (Å²) in [6.45, 7) is 7.19. The fraction of sp³-hybridized carbons (Fsp3) is 0.462. The molecule has 1 aromatic rings. The van der Waals surface area contributed by atoms with Gasteiger partial charge in [0.25, 0.3) is 5.91 Å². The lowest BCUT2D eigenvalue weighted by Crippen LogP contribution is -2.38. The fourth-order valence-electron chi connectivity index (χ4n) is 1.28. The van der Waals surface area contributed by atoms with E-state index in [1.807, 2.05) is 45.0 Å². The predicted octanol–water partition coefficient (Wildman–Crippen LogP) is 1.71. The second kappa shape index (κ2) is 5.12. The van der Waals surface area contributed by atoms with Crippen LogP contribution in [0.2, 0.25) is 0 Å². The van der Waals surface area contributed by atoms with Crippen LogP contribution in [0.4, 0.5) is 0 Å². The summed E-state index contributed by atoms with van der Waals surface area (Å²) >= 11 is 0. The molecule has 0 bridgehead atoms. The molecule has 1 rings (SSSR count). The average molecular weight is 220 g/mol. The molecule has 0 radical (unpaired) electrons. The quantitative estimate of drug-likeness (QED) is 0.811. The monoisotopic (exact) mass is 220 g/mol. The summed E-state index contributed by atoms with van der Waals surface area (Å²) in [4.78, 5) is 11.8. The van der Waals surface area contributed by atoms with Gasteiger partial charge in [-0.2, -0.15) is 0 Å². The molecule has 0 spiro atoms. The highest BCUT2D eigenvalue weighted by molar-refractivity contribution is 5.94. The maximum atomic E-state index is 11.8. The molecule has 3 nitrogen and oxygen atoms in total. The molecule has 88 valence electrons. The van der Waals surface area contributed by atoms with Crippen molar-refractivity contribution in [1.82, 2.24) is 5.32 Å². The number of carbonyl (C=O) groups is 1. The first-order valence-corrected chi connectivity index (χ1v) is 5.49. The maximum absolute atomic E-state index is 11.8. The summed E-state index contributed by atoms with van der Waals surface area (Å²) in [5.41, 5.74) is 7.34. The molecule has 0 saturated heterocycles. The molecule has 0 aliphatic carbocycles. The van der Waals surface area contributed by atoms with Gasteiger partial charge in [0.05, 0.1) is 0 Å². The molecule has 0 heterocycles. The van der Waals surface area contributed by atoms with Gasteiger partial charge in [0, 0.05) is 12.1 Å². The van der Waals surface area contributed by atoms with E-state index in [1.165, 1.54) is 0 Å². The first kappa shape index (κ1) is 12.7. The van der Waals surface area contributed by atoms with Crippen molar-refractivity contribution in [3.8, 4) is 0 Å². The highest BCUT2D eigenvalue weighted by Crippen LogP contribution is 2.11. The first-order valence-electron chi connectivity index (χ1n) is 5.49. The molecule has 1 aromatic carbocycles. The van der Waals surface area contributed by atoms with Crippen LogP contribution < -0.4 is 11.1 Å². The molecule has 0 aliphatic heterocycles. The molecule has 0 atom stereocenters. The van der Waals surface area contributed by atoms with Crippen molar-refractivity contribution in [3.63, 3.8) is 0 Å². The van der Waals surface area contributed by atoms with E-state index in [0.717, 1.165) is 5.56 Å². The number of amides is 1. The Kier molecular flexibility index (Phi) is 4.07. The largest absolute Gasteiger partial charge is 0.351 e. The van der Waals surface area contributed by atoms with Gasteiger partial charge in [-0.05, 0) is 31.0 Å². The molecule has 3 heteroatoms. The summed E-state index contributed by atoms with van der Waals surface area (Å²) in [6.07, 6.45) is 0. The lowest BCUT2D eigenvalue weighted by molar-refractivity contribution is 0.0938. The van der Waals surface area contributed by atoms with Gasteiger partial charge in [0.2, 0.25) is 0 Å². The molecule has 0 unspecified atom stereocenters. The number of carbonyl (C=O) groups excluding carboxylic acids is 1. The van der Waals surface area contributed by atoms with Crippen molar-refractivity contribution in [2.75, 3.05) is 13.1 Å². The third kappa shape index (κ3) is 3.66. The average Bonchev–Trinajstić information content (AvgIpc) is 2.26. The van der Waals surface area contributed by atoms with E-state index in [-0.39, 0.29) is 11.3 Å². The van der Waals surface area contributed by atoms with Gasteiger partial charge in [0.15, 0.2) is 0 Å². The Morgan fingerprint density at radius 1 is 1.44 bits per heavy atom. The number of rotatable bonds is 4. The molecule has 16 heavy (non-hydrogen) atoms. The van der Waals surface area contributed by atoms with Gasteiger partial charge >= 0.3 is 0 Å². The lowest BCUT2D eigenvalue weighted by Gasteiger charge is -2.22. The van der Waals surface area contributed by atoms with Crippen LogP contribution in [0, 0.1) is 12.3 Å². The van der Waals surface area contributed by atoms with Crippen LogP contribution in [0.5, 0.6) is 0 Å². The molecule has 0 saturated carbocycles. The number of aryl methyl sites for hydroxylation is 1. The van der Waals surface area contributed by atoms with Crippen LogP contribution in [0.3, 0.4) is 0 Å². The van der Waals surface area contributed by atoms with Crippen molar-refractivity contribution in [1.29, 1.82) is 0 Å². The van der Waals surface area contributed by atoms with Crippen molar-refractivity contribution >= 4 is 5.91 Å². The Labute approximate surface area is 97.0 Å². The zero-order chi connectivity index (χ0) is 12.2. The van der Waals surface area contributed by atoms with Crippen LogP contribution in [0.25, 0.3) is 0 Å². The number of hydrogen-bond acceptors (Lipinski definition) is 2. The molecular weight excluding hydrogens is 200 g/mol. The van der Waals surface area contributed by atoms with E-state index >= 15 is 0 Å². The minimum atomic E-state index is -0.0561. The van der Waals surface area contributed by atoms with Gasteiger partial charge in [-0.25, -0.2) is 0 Å². The first-order chi connectivity index (χ1) is 7.44. The number of benzene rings is 1. The normalized spacial score (nSPS) is 11.2. The lowest BCUT2D eigenvalue weighted by atomic mass is 9.94. The van der Waals surface area contributed by atoms with Gasteiger partial charge in [-0.15, -0.1) is 0 Å². The number of nitrogens with two attached hydrogens (primary N) is 1. The van der Waals surface area contributed by atoms with Crippen LogP contribution in [0.15, 0.2) is 24.3 Å². The van der Waals surface area contributed by atoms with Crippen molar-refractivity contribution < 1.29 is 4.79 Å². The molecule has 0 fully saturated rings. The summed E-state index contributed by atoms with van der Waals surface area (Å²) in [6, 6.07) is 7.56.